The van der Waals surface area contributed by atoms with Crippen molar-refractivity contribution in [2.24, 2.45) is 17.6 Å². The number of ether oxygens (including phenoxy) is 1. The molecule has 184 valence electrons. The average Bonchev–Trinajstić information content (AvgIpc) is 2.97. The predicted molar refractivity (Wildman–Crippen MR) is 125 cm³/mol. The highest BCUT2D eigenvalue weighted by atomic mass is 19.4. The lowest BCUT2D eigenvalue weighted by molar-refractivity contribution is -0.185. The van der Waals surface area contributed by atoms with Crippen LogP contribution in [0.4, 0.5) is 13.2 Å². The number of hydrogen-bond donors (Lipinski definition) is 1. The van der Waals surface area contributed by atoms with Crippen LogP contribution in [-0.2, 0) is 14.1 Å². The zero-order chi connectivity index (χ0) is 24.9. The zero-order valence-electron chi connectivity index (χ0n) is 19.9. The number of alkyl halides is 3. The molecule has 34 heavy (non-hydrogen) atoms. The molecule has 2 aromatic carbocycles. The number of benzene rings is 2. The van der Waals surface area contributed by atoms with Crippen molar-refractivity contribution in [2.75, 3.05) is 0 Å². The second-order valence-electron chi connectivity index (χ2n) is 10.5. The fourth-order valence-corrected chi connectivity index (χ4v) is 4.72. The highest BCUT2D eigenvalue weighted by molar-refractivity contribution is 6.62. The maximum atomic E-state index is 13.0. The van der Waals surface area contributed by atoms with Crippen LogP contribution in [0.25, 0.3) is 10.8 Å². The van der Waals surface area contributed by atoms with Crippen LogP contribution in [0.1, 0.15) is 53.4 Å². The maximum Gasteiger partial charge on any atom is 0.494 e. The van der Waals surface area contributed by atoms with E-state index in [1.807, 2.05) is 52.0 Å². The molecule has 2 aromatic rings. The molecule has 0 radical (unpaired) electrons. The topological polar surface area (TPSA) is 70.8 Å². The molecule has 2 N–H and O–H groups in total. The van der Waals surface area contributed by atoms with Crippen LogP contribution in [0.15, 0.2) is 36.4 Å². The molecule has 1 aliphatic heterocycles. The van der Waals surface area contributed by atoms with Gasteiger partial charge in [0.15, 0.2) is 6.10 Å². The van der Waals surface area contributed by atoms with Crippen LogP contribution in [0, 0.1) is 11.8 Å². The van der Waals surface area contributed by atoms with Crippen molar-refractivity contribution >= 4 is 29.3 Å². The summed E-state index contributed by atoms with van der Waals surface area (Å²) in [6.45, 7) is 7.97. The molecule has 1 saturated carbocycles. The van der Waals surface area contributed by atoms with Crippen LogP contribution < -0.4 is 15.9 Å². The van der Waals surface area contributed by atoms with Crippen molar-refractivity contribution in [3.63, 3.8) is 0 Å². The number of amides is 1. The van der Waals surface area contributed by atoms with E-state index in [0.29, 0.717) is 5.75 Å². The fourth-order valence-electron chi connectivity index (χ4n) is 4.72. The van der Waals surface area contributed by atoms with Gasteiger partial charge in [-0.15, -0.1) is 0 Å². The number of hydrogen-bond acceptors (Lipinski definition) is 4. The fraction of sp³-hybridized carbons (Fsp3) is 0.560. The first-order valence-corrected chi connectivity index (χ1v) is 11.7. The molecule has 1 amide bonds. The van der Waals surface area contributed by atoms with Gasteiger partial charge in [0.2, 0.25) is 0 Å². The molecule has 1 heterocycles. The Kier molecular flexibility index (Phi) is 6.40. The number of carbonyl (C=O) groups excluding carboxylic acids is 1. The molecule has 1 atom stereocenters. The highest BCUT2D eigenvalue weighted by Crippen LogP contribution is 2.41. The number of rotatable bonds is 5. The summed E-state index contributed by atoms with van der Waals surface area (Å²) < 4.78 is 57.3. The predicted octanol–water partition coefficient (Wildman–Crippen LogP) is 4.74. The normalized spacial score (nSPS) is 25.3. The third-order valence-electron chi connectivity index (χ3n) is 7.57. The summed E-state index contributed by atoms with van der Waals surface area (Å²) in [5.41, 5.74) is 5.53. The Hall–Kier alpha value is -2.26. The molecule has 1 saturated heterocycles. The van der Waals surface area contributed by atoms with Gasteiger partial charge in [0, 0.05) is 5.92 Å². The minimum atomic E-state index is -4.21. The summed E-state index contributed by atoms with van der Waals surface area (Å²) in [6.07, 6.45) is -4.72. The first-order chi connectivity index (χ1) is 15.8. The first kappa shape index (κ1) is 24.9. The van der Waals surface area contributed by atoms with Gasteiger partial charge in [-0.2, -0.15) is 13.2 Å². The van der Waals surface area contributed by atoms with E-state index in [0.717, 1.165) is 16.2 Å². The Morgan fingerprint density at radius 1 is 1.00 bits per heavy atom. The van der Waals surface area contributed by atoms with Crippen molar-refractivity contribution < 1.29 is 32.0 Å². The van der Waals surface area contributed by atoms with Gasteiger partial charge < -0.3 is 19.8 Å². The Morgan fingerprint density at radius 2 is 1.59 bits per heavy atom. The van der Waals surface area contributed by atoms with Crippen molar-refractivity contribution in [2.45, 2.75) is 76.9 Å². The molecule has 2 aliphatic rings. The van der Waals surface area contributed by atoms with E-state index in [-0.39, 0.29) is 31.6 Å². The van der Waals surface area contributed by atoms with Crippen molar-refractivity contribution in [1.29, 1.82) is 0 Å². The number of halogens is 3. The van der Waals surface area contributed by atoms with Crippen molar-refractivity contribution in [3.05, 3.63) is 36.4 Å². The van der Waals surface area contributed by atoms with Gasteiger partial charge in [-0.05, 0) is 81.7 Å². The number of carbonyl (C=O) groups is 1. The van der Waals surface area contributed by atoms with Crippen LogP contribution in [-0.4, -0.2) is 36.5 Å². The zero-order valence-corrected chi connectivity index (χ0v) is 19.9. The summed E-state index contributed by atoms with van der Waals surface area (Å²) in [7, 11) is -0.513. The van der Waals surface area contributed by atoms with E-state index in [9.17, 15) is 18.0 Å². The van der Waals surface area contributed by atoms with Gasteiger partial charge in [0.05, 0.1) is 17.1 Å². The van der Waals surface area contributed by atoms with Crippen LogP contribution in [0.2, 0.25) is 0 Å². The third-order valence-corrected chi connectivity index (χ3v) is 7.57. The van der Waals surface area contributed by atoms with Crippen molar-refractivity contribution in [3.8, 4) is 5.75 Å². The summed E-state index contributed by atoms with van der Waals surface area (Å²) in [5, 5.41) is 1.84. The molecule has 5 nitrogen and oxygen atoms in total. The Morgan fingerprint density at radius 3 is 2.15 bits per heavy atom. The van der Waals surface area contributed by atoms with Gasteiger partial charge >= 0.3 is 13.3 Å². The van der Waals surface area contributed by atoms with Crippen LogP contribution >= 0.6 is 0 Å². The number of nitrogens with two attached hydrogens (primary N) is 1. The molecular weight excluding hydrogens is 446 g/mol. The van der Waals surface area contributed by atoms with E-state index in [1.165, 1.54) is 0 Å². The molecular formula is C25H31BF3NO4. The second-order valence-corrected chi connectivity index (χ2v) is 10.5. The first-order valence-electron chi connectivity index (χ1n) is 11.7. The Bertz CT molecular complexity index is 1050. The van der Waals surface area contributed by atoms with Crippen LogP contribution in [0.3, 0.4) is 0 Å². The van der Waals surface area contributed by atoms with E-state index >= 15 is 0 Å². The minimum absolute atomic E-state index is 0.0174. The number of fused-ring (bicyclic) bond motifs is 1. The summed E-state index contributed by atoms with van der Waals surface area (Å²) in [4.78, 5) is 12.1. The van der Waals surface area contributed by atoms with E-state index in [4.69, 9.17) is 19.8 Å². The van der Waals surface area contributed by atoms with E-state index in [2.05, 4.69) is 0 Å². The van der Waals surface area contributed by atoms with Crippen LogP contribution in [0.5, 0.6) is 5.75 Å². The third kappa shape index (κ3) is 4.91. The lowest BCUT2D eigenvalue weighted by Gasteiger charge is -2.33. The molecule has 1 aliphatic carbocycles. The van der Waals surface area contributed by atoms with E-state index < -0.39 is 42.4 Å². The second kappa shape index (κ2) is 8.75. The van der Waals surface area contributed by atoms with Gasteiger partial charge in [-0.1, -0.05) is 24.3 Å². The van der Waals surface area contributed by atoms with Gasteiger partial charge in [-0.3, -0.25) is 4.79 Å². The standard InChI is InChI=1S/C25H31BF3NO4/c1-23(2)24(3,4)34-26(33-23)19-11-7-15-8-12-20(14-17(15)13-19)32-21(22(30)31)16-5-9-18(10-6-16)25(27,28)29/h7-8,11-14,16,18,21H,5-6,9-10H2,1-4H3,(H2,30,31). The molecule has 1 unspecified atom stereocenters. The SMILES string of the molecule is CC1(C)OB(c2ccc3ccc(OC(C(N)=O)C4CCC(C(F)(F)F)CC4)cc3c2)OC1(C)C. The largest absolute Gasteiger partial charge is 0.494 e. The summed E-state index contributed by atoms with van der Waals surface area (Å²) in [6, 6.07) is 11.3. The molecule has 4 rings (SSSR count). The lowest BCUT2D eigenvalue weighted by Crippen LogP contribution is -2.42. The quantitative estimate of drug-likeness (QED) is 0.632. The average molecular weight is 477 g/mol. The highest BCUT2D eigenvalue weighted by Gasteiger charge is 2.51. The maximum absolute atomic E-state index is 13.0. The van der Waals surface area contributed by atoms with E-state index in [1.54, 1.807) is 12.1 Å². The summed E-state index contributed by atoms with van der Waals surface area (Å²) in [5.74, 6) is -1.89. The van der Waals surface area contributed by atoms with Gasteiger partial charge in [-0.25, -0.2) is 0 Å². The molecule has 0 aromatic heterocycles. The van der Waals surface area contributed by atoms with Gasteiger partial charge in [0.1, 0.15) is 5.75 Å². The Balaban J connectivity index is 1.52. The smallest absolute Gasteiger partial charge is 0.480 e. The van der Waals surface area contributed by atoms with Crippen molar-refractivity contribution in [1.82, 2.24) is 0 Å². The lowest BCUT2D eigenvalue weighted by atomic mass is 9.78. The van der Waals surface area contributed by atoms with Gasteiger partial charge in [0.25, 0.3) is 5.91 Å². The molecule has 0 bridgehead atoms. The molecule has 9 heteroatoms. The molecule has 0 spiro atoms. The monoisotopic (exact) mass is 477 g/mol. The minimum Gasteiger partial charge on any atom is -0.480 e. The summed E-state index contributed by atoms with van der Waals surface area (Å²) >= 11 is 0. The number of primary amides is 1. The Labute approximate surface area is 198 Å². The molecule has 2 fully saturated rings.